The van der Waals surface area contributed by atoms with Gasteiger partial charge in [-0.25, -0.2) is 4.90 Å². The monoisotopic (exact) mass is 341 g/mol. The van der Waals surface area contributed by atoms with E-state index >= 15 is 0 Å². The number of nitrogens with zero attached hydrogens (tertiary/aromatic N) is 1. The van der Waals surface area contributed by atoms with Gasteiger partial charge < -0.3 is 9.84 Å². The molecule has 2 aromatic rings. The third-order valence-corrected chi connectivity index (χ3v) is 4.46. The van der Waals surface area contributed by atoms with E-state index in [1.807, 2.05) is 19.1 Å². The van der Waals surface area contributed by atoms with Gasteiger partial charge in [-0.1, -0.05) is 23.8 Å². The molecule has 0 spiro atoms. The van der Waals surface area contributed by atoms with E-state index in [1.165, 1.54) is 13.2 Å². The zero-order valence-corrected chi connectivity index (χ0v) is 14.0. The summed E-state index contributed by atoms with van der Waals surface area (Å²) in [6.45, 7) is 1.94. The Hall–Kier alpha value is -2.73. The number of phenolic OH excluding ortho intramolecular Hbond substituents is 1. The molecule has 1 N–H and O–H groups in total. The number of methoxy groups -OCH3 is 1. The SMILES string of the molecule is COc1cc(/C=C2/SC(=O)N(c3ccc(C)cc3)C2=O)ccc1O. The number of benzene rings is 2. The molecule has 1 heterocycles. The number of hydrogen-bond acceptors (Lipinski definition) is 5. The Labute approximate surface area is 143 Å². The van der Waals surface area contributed by atoms with Gasteiger partial charge in [0.2, 0.25) is 0 Å². The lowest BCUT2D eigenvalue weighted by Crippen LogP contribution is -2.27. The smallest absolute Gasteiger partial charge is 0.298 e. The van der Waals surface area contributed by atoms with Crippen LogP contribution in [0.1, 0.15) is 11.1 Å². The van der Waals surface area contributed by atoms with E-state index in [-0.39, 0.29) is 16.9 Å². The number of aromatic hydroxyl groups is 1. The van der Waals surface area contributed by atoms with Crippen molar-refractivity contribution in [2.24, 2.45) is 0 Å². The second-order valence-electron chi connectivity index (χ2n) is 5.28. The average molecular weight is 341 g/mol. The minimum absolute atomic E-state index is 0.0161. The number of anilines is 1. The van der Waals surface area contributed by atoms with Crippen LogP contribution in [0.15, 0.2) is 47.4 Å². The van der Waals surface area contributed by atoms with E-state index in [0.29, 0.717) is 21.9 Å². The van der Waals surface area contributed by atoms with Crippen molar-refractivity contribution < 1.29 is 19.4 Å². The Morgan fingerprint density at radius 2 is 1.83 bits per heavy atom. The number of rotatable bonds is 3. The van der Waals surface area contributed by atoms with Crippen molar-refractivity contribution in [2.75, 3.05) is 12.0 Å². The van der Waals surface area contributed by atoms with Gasteiger partial charge in [0.15, 0.2) is 11.5 Å². The molecule has 0 aromatic heterocycles. The van der Waals surface area contributed by atoms with Gasteiger partial charge >= 0.3 is 0 Å². The molecule has 0 radical (unpaired) electrons. The summed E-state index contributed by atoms with van der Waals surface area (Å²) >= 11 is 0.889. The van der Waals surface area contributed by atoms with Gasteiger partial charge in [-0.15, -0.1) is 0 Å². The number of carbonyl (C=O) groups is 2. The van der Waals surface area contributed by atoms with E-state index in [0.717, 1.165) is 22.2 Å². The number of thioether (sulfide) groups is 1. The van der Waals surface area contributed by atoms with E-state index in [4.69, 9.17) is 4.74 Å². The quantitative estimate of drug-likeness (QED) is 0.856. The molecule has 0 bridgehead atoms. The summed E-state index contributed by atoms with van der Waals surface area (Å²) in [5.41, 5.74) is 2.27. The highest BCUT2D eigenvalue weighted by Crippen LogP contribution is 2.36. The Morgan fingerprint density at radius 3 is 2.50 bits per heavy atom. The molecule has 1 fully saturated rings. The summed E-state index contributed by atoms with van der Waals surface area (Å²) in [6.07, 6.45) is 1.61. The van der Waals surface area contributed by atoms with Crippen molar-refractivity contribution in [3.8, 4) is 11.5 Å². The predicted molar refractivity (Wildman–Crippen MR) is 94.3 cm³/mol. The van der Waals surface area contributed by atoms with Crippen molar-refractivity contribution in [1.29, 1.82) is 0 Å². The molecule has 0 unspecified atom stereocenters. The normalized spacial score (nSPS) is 16.1. The molecule has 1 saturated heterocycles. The molecule has 6 heteroatoms. The first-order valence-corrected chi connectivity index (χ1v) is 8.03. The molecule has 24 heavy (non-hydrogen) atoms. The van der Waals surface area contributed by atoms with Gasteiger partial charge in [-0.3, -0.25) is 9.59 Å². The van der Waals surface area contributed by atoms with Gasteiger partial charge in [-0.2, -0.15) is 0 Å². The highest BCUT2D eigenvalue weighted by molar-refractivity contribution is 8.19. The summed E-state index contributed by atoms with van der Waals surface area (Å²) in [4.78, 5) is 26.3. The van der Waals surface area contributed by atoms with Crippen molar-refractivity contribution >= 4 is 34.7 Å². The van der Waals surface area contributed by atoms with E-state index in [1.54, 1.807) is 30.3 Å². The Kier molecular flexibility index (Phi) is 4.31. The number of imide groups is 1. The van der Waals surface area contributed by atoms with Crippen LogP contribution in [0.3, 0.4) is 0 Å². The Morgan fingerprint density at radius 1 is 1.12 bits per heavy atom. The standard InChI is InChI=1S/C18H15NO4S/c1-11-3-6-13(7-4-11)19-17(21)16(24-18(19)22)10-12-5-8-14(20)15(9-12)23-2/h3-10,20H,1-2H3/b16-10+. The van der Waals surface area contributed by atoms with Crippen molar-refractivity contribution in [3.63, 3.8) is 0 Å². The number of hydrogen-bond donors (Lipinski definition) is 1. The topological polar surface area (TPSA) is 66.8 Å². The molecular weight excluding hydrogens is 326 g/mol. The van der Waals surface area contributed by atoms with Crippen molar-refractivity contribution in [3.05, 3.63) is 58.5 Å². The number of aryl methyl sites for hydroxylation is 1. The minimum atomic E-state index is -0.360. The molecule has 122 valence electrons. The first kappa shape index (κ1) is 16.1. The van der Waals surface area contributed by atoms with Gasteiger partial charge in [0.25, 0.3) is 11.1 Å². The van der Waals surface area contributed by atoms with Gasteiger partial charge in [0, 0.05) is 0 Å². The summed E-state index contributed by atoms with van der Waals surface area (Å²) in [5, 5.41) is 9.29. The van der Waals surface area contributed by atoms with Crippen LogP contribution in [0.4, 0.5) is 10.5 Å². The van der Waals surface area contributed by atoms with Crippen LogP contribution in [0.2, 0.25) is 0 Å². The third kappa shape index (κ3) is 3.00. The summed E-state index contributed by atoms with van der Waals surface area (Å²) < 4.78 is 5.05. The largest absolute Gasteiger partial charge is 0.504 e. The molecule has 3 rings (SSSR count). The molecule has 2 aromatic carbocycles. The lowest BCUT2D eigenvalue weighted by atomic mass is 10.1. The number of carbonyl (C=O) groups excluding carboxylic acids is 2. The molecule has 5 nitrogen and oxygen atoms in total. The Balaban J connectivity index is 1.92. The molecule has 2 amide bonds. The average Bonchev–Trinajstić information content (AvgIpc) is 2.84. The third-order valence-electron chi connectivity index (χ3n) is 3.59. The second kappa shape index (κ2) is 6.41. The maximum absolute atomic E-state index is 12.6. The summed E-state index contributed by atoms with van der Waals surface area (Å²) in [6, 6.07) is 11.9. The fourth-order valence-corrected chi connectivity index (χ4v) is 3.16. The van der Waals surface area contributed by atoms with Gasteiger partial charge in [0.05, 0.1) is 17.7 Å². The fraction of sp³-hybridized carbons (Fsp3) is 0.111. The zero-order chi connectivity index (χ0) is 17.3. The van der Waals surface area contributed by atoms with Crippen LogP contribution < -0.4 is 9.64 Å². The molecule has 0 saturated carbocycles. The van der Waals surface area contributed by atoms with E-state index in [2.05, 4.69) is 0 Å². The predicted octanol–water partition coefficient (Wildman–Crippen LogP) is 3.95. The maximum Gasteiger partial charge on any atom is 0.298 e. The molecule has 1 aliphatic heterocycles. The van der Waals surface area contributed by atoms with Gasteiger partial charge in [-0.05, 0) is 54.6 Å². The van der Waals surface area contributed by atoms with Gasteiger partial charge in [0.1, 0.15) is 0 Å². The van der Waals surface area contributed by atoms with Crippen LogP contribution in [0, 0.1) is 6.92 Å². The van der Waals surface area contributed by atoms with Crippen LogP contribution in [0.25, 0.3) is 6.08 Å². The first-order chi connectivity index (χ1) is 11.5. The molecule has 0 atom stereocenters. The highest BCUT2D eigenvalue weighted by Gasteiger charge is 2.36. The first-order valence-electron chi connectivity index (χ1n) is 7.21. The molecule has 1 aliphatic rings. The summed E-state index contributed by atoms with van der Waals surface area (Å²) in [7, 11) is 1.45. The van der Waals surface area contributed by atoms with E-state index in [9.17, 15) is 14.7 Å². The number of ether oxygens (including phenoxy) is 1. The number of amides is 2. The van der Waals surface area contributed by atoms with Crippen LogP contribution in [-0.2, 0) is 4.79 Å². The zero-order valence-electron chi connectivity index (χ0n) is 13.1. The van der Waals surface area contributed by atoms with E-state index < -0.39 is 0 Å². The second-order valence-corrected chi connectivity index (χ2v) is 6.28. The summed E-state index contributed by atoms with van der Waals surface area (Å²) in [5.74, 6) is -0.0372. The molecular formula is C18H15NO4S. The lowest BCUT2D eigenvalue weighted by Gasteiger charge is -2.12. The van der Waals surface area contributed by atoms with Crippen molar-refractivity contribution in [2.45, 2.75) is 6.92 Å². The lowest BCUT2D eigenvalue weighted by molar-refractivity contribution is -0.113. The highest BCUT2D eigenvalue weighted by atomic mass is 32.2. The minimum Gasteiger partial charge on any atom is -0.504 e. The fourth-order valence-electron chi connectivity index (χ4n) is 2.32. The van der Waals surface area contributed by atoms with Crippen LogP contribution >= 0.6 is 11.8 Å². The maximum atomic E-state index is 12.6. The van der Waals surface area contributed by atoms with Crippen molar-refractivity contribution in [1.82, 2.24) is 0 Å². The van der Waals surface area contributed by atoms with Crippen LogP contribution in [0.5, 0.6) is 11.5 Å². The Bertz CT molecular complexity index is 843. The number of phenols is 1. The van der Waals surface area contributed by atoms with Crippen LogP contribution in [-0.4, -0.2) is 23.4 Å². The molecule has 0 aliphatic carbocycles.